The van der Waals surface area contributed by atoms with E-state index in [4.69, 9.17) is 11.6 Å². The Morgan fingerprint density at radius 1 is 1.12 bits per heavy atom. The predicted molar refractivity (Wildman–Crippen MR) is 99.8 cm³/mol. The molecule has 24 heavy (non-hydrogen) atoms. The van der Waals surface area contributed by atoms with E-state index >= 15 is 0 Å². The van der Waals surface area contributed by atoms with Gasteiger partial charge in [0.05, 0.1) is 11.2 Å². The summed E-state index contributed by atoms with van der Waals surface area (Å²) in [6.07, 6.45) is 1.59. The van der Waals surface area contributed by atoms with Crippen LogP contribution in [0.5, 0.6) is 5.75 Å². The number of halogens is 2. The molecule has 0 heterocycles. The molecule has 2 N–H and O–H groups in total. The molecule has 0 saturated carbocycles. The maximum Gasteiger partial charge on any atom is 0.271 e. The molecule has 0 radical (unpaired) electrons. The van der Waals surface area contributed by atoms with Crippen LogP contribution >= 0.6 is 27.5 Å². The third-order valence-electron chi connectivity index (χ3n) is 3.48. The molecule has 0 atom stereocenters. The van der Waals surface area contributed by atoms with Crippen molar-refractivity contribution in [3.8, 4) is 5.75 Å². The summed E-state index contributed by atoms with van der Waals surface area (Å²) in [4.78, 5) is 12.0. The third-order valence-corrected chi connectivity index (χ3v) is 4.48. The van der Waals surface area contributed by atoms with E-state index in [2.05, 4.69) is 26.5 Å². The molecule has 4 nitrogen and oxygen atoms in total. The van der Waals surface area contributed by atoms with Gasteiger partial charge in [0.15, 0.2) is 0 Å². The van der Waals surface area contributed by atoms with Gasteiger partial charge >= 0.3 is 0 Å². The first-order valence-electron chi connectivity index (χ1n) is 7.05. The van der Waals surface area contributed by atoms with E-state index in [0.717, 1.165) is 20.8 Å². The second-order valence-electron chi connectivity index (χ2n) is 5.05. The van der Waals surface area contributed by atoms with E-state index in [1.165, 1.54) is 18.2 Å². The van der Waals surface area contributed by atoms with Gasteiger partial charge in [-0.2, -0.15) is 5.10 Å². The van der Waals surface area contributed by atoms with Crippen molar-refractivity contribution in [3.05, 3.63) is 75.2 Å². The molecule has 0 fully saturated rings. The zero-order valence-electron chi connectivity index (χ0n) is 12.3. The molecule has 3 aromatic rings. The van der Waals surface area contributed by atoms with Crippen molar-refractivity contribution < 1.29 is 9.90 Å². The van der Waals surface area contributed by atoms with Crippen LogP contribution in [0.2, 0.25) is 5.02 Å². The molecule has 0 spiro atoms. The fourth-order valence-corrected chi connectivity index (χ4v) is 2.96. The van der Waals surface area contributed by atoms with Crippen molar-refractivity contribution in [2.75, 3.05) is 0 Å². The van der Waals surface area contributed by atoms with Crippen LogP contribution < -0.4 is 5.43 Å². The maximum absolute atomic E-state index is 12.0. The molecule has 0 aromatic heterocycles. The summed E-state index contributed by atoms with van der Waals surface area (Å²) >= 11 is 9.31. The van der Waals surface area contributed by atoms with Crippen molar-refractivity contribution in [3.63, 3.8) is 0 Å². The molecule has 120 valence electrons. The molecule has 0 aliphatic rings. The van der Waals surface area contributed by atoms with E-state index in [9.17, 15) is 9.90 Å². The highest BCUT2D eigenvalue weighted by Crippen LogP contribution is 2.25. The number of phenols is 1. The molecule has 1 amide bonds. The smallest absolute Gasteiger partial charge is 0.271 e. The molecule has 0 saturated heterocycles. The molecule has 3 aromatic carbocycles. The first kappa shape index (κ1) is 16.5. The number of hydrogen-bond acceptors (Lipinski definition) is 3. The van der Waals surface area contributed by atoms with E-state index in [-0.39, 0.29) is 10.8 Å². The van der Waals surface area contributed by atoms with Crippen molar-refractivity contribution in [1.29, 1.82) is 0 Å². The fraction of sp³-hybridized carbons (Fsp3) is 0. The lowest BCUT2D eigenvalue weighted by Crippen LogP contribution is -2.17. The standard InChI is InChI=1S/C18H12BrClN2O2/c19-15-6-2-4-13-12(3-1-5-14(13)15)10-21-22-18(24)11-7-8-17(23)16(20)9-11/h1-10,23H,(H,22,24). The van der Waals surface area contributed by atoms with Gasteiger partial charge in [0, 0.05) is 15.6 Å². The molecule has 3 rings (SSSR count). The van der Waals surface area contributed by atoms with E-state index in [0.29, 0.717) is 5.56 Å². The van der Waals surface area contributed by atoms with Gasteiger partial charge in [-0.3, -0.25) is 4.79 Å². The molecule has 0 bridgehead atoms. The number of hydrogen-bond donors (Lipinski definition) is 2. The second-order valence-corrected chi connectivity index (χ2v) is 6.31. The number of amides is 1. The number of nitrogens with zero attached hydrogens (tertiary/aromatic N) is 1. The Bertz CT molecular complexity index is 957. The second kappa shape index (κ2) is 7.03. The topological polar surface area (TPSA) is 61.7 Å². The molecule has 6 heteroatoms. The lowest BCUT2D eigenvalue weighted by molar-refractivity contribution is 0.0955. The summed E-state index contributed by atoms with van der Waals surface area (Å²) in [7, 11) is 0. The largest absolute Gasteiger partial charge is 0.506 e. The first-order valence-corrected chi connectivity index (χ1v) is 8.22. The van der Waals surface area contributed by atoms with Gasteiger partial charge in [0.2, 0.25) is 0 Å². The highest BCUT2D eigenvalue weighted by atomic mass is 79.9. The molecule has 0 aliphatic carbocycles. The van der Waals surface area contributed by atoms with Gasteiger partial charge in [-0.25, -0.2) is 5.43 Å². The average Bonchev–Trinajstić information content (AvgIpc) is 2.58. The Hall–Kier alpha value is -2.37. The lowest BCUT2D eigenvalue weighted by atomic mass is 10.1. The van der Waals surface area contributed by atoms with Crippen LogP contribution in [0.3, 0.4) is 0 Å². The number of phenolic OH excluding ortho intramolecular Hbond substituents is 1. The molecular weight excluding hydrogens is 392 g/mol. The van der Waals surface area contributed by atoms with Crippen LogP contribution in [0.4, 0.5) is 0 Å². The van der Waals surface area contributed by atoms with Crippen LogP contribution in [0, 0.1) is 0 Å². The highest BCUT2D eigenvalue weighted by molar-refractivity contribution is 9.10. The lowest BCUT2D eigenvalue weighted by Gasteiger charge is -2.04. The number of carbonyl (C=O) groups is 1. The van der Waals surface area contributed by atoms with E-state index < -0.39 is 5.91 Å². The quantitative estimate of drug-likeness (QED) is 0.491. The van der Waals surface area contributed by atoms with E-state index in [1.807, 2.05) is 36.4 Å². The molecular formula is C18H12BrClN2O2. The Morgan fingerprint density at radius 2 is 1.88 bits per heavy atom. The monoisotopic (exact) mass is 402 g/mol. The molecule has 0 aliphatic heterocycles. The van der Waals surface area contributed by atoms with Crippen molar-refractivity contribution in [1.82, 2.24) is 5.43 Å². The SMILES string of the molecule is O=C(NN=Cc1cccc2c(Br)cccc12)c1ccc(O)c(Cl)c1. The number of hydrazone groups is 1. The van der Waals surface area contributed by atoms with Gasteiger partial charge in [-0.15, -0.1) is 0 Å². The highest BCUT2D eigenvalue weighted by Gasteiger charge is 2.07. The minimum absolute atomic E-state index is 0.0712. The zero-order valence-corrected chi connectivity index (χ0v) is 14.7. The zero-order chi connectivity index (χ0) is 17.1. The van der Waals surface area contributed by atoms with Gasteiger partial charge < -0.3 is 5.11 Å². The summed E-state index contributed by atoms with van der Waals surface area (Å²) in [5.74, 6) is -0.479. The number of carbonyl (C=O) groups excluding carboxylic acids is 1. The van der Waals surface area contributed by atoms with Crippen molar-refractivity contribution in [2.24, 2.45) is 5.10 Å². The summed E-state index contributed by atoms with van der Waals surface area (Å²) < 4.78 is 0.998. The summed E-state index contributed by atoms with van der Waals surface area (Å²) in [5.41, 5.74) is 3.65. The third kappa shape index (κ3) is 3.42. The van der Waals surface area contributed by atoms with Crippen LogP contribution in [-0.4, -0.2) is 17.2 Å². The van der Waals surface area contributed by atoms with Crippen LogP contribution in [0.25, 0.3) is 10.8 Å². The predicted octanol–water partition coefficient (Wildman–Crippen LogP) is 4.73. The minimum Gasteiger partial charge on any atom is -0.506 e. The summed E-state index contributed by atoms with van der Waals surface area (Å²) in [6, 6.07) is 16.0. The number of benzene rings is 3. The number of rotatable bonds is 3. The summed E-state index contributed by atoms with van der Waals surface area (Å²) in [6.45, 7) is 0. The Balaban J connectivity index is 1.80. The normalized spacial score (nSPS) is 11.1. The Kier molecular flexibility index (Phi) is 4.83. The maximum atomic E-state index is 12.0. The van der Waals surface area contributed by atoms with E-state index in [1.54, 1.807) is 6.21 Å². The van der Waals surface area contributed by atoms with Crippen molar-refractivity contribution in [2.45, 2.75) is 0 Å². The van der Waals surface area contributed by atoms with Gasteiger partial charge in [0.25, 0.3) is 5.91 Å². The van der Waals surface area contributed by atoms with Crippen LogP contribution in [0.1, 0.15) is 15.9 Å². The number of nitrogens with one attached hydrogen (secondary N) is 1. The number of aromatic hydroxyl groups is 1. The average molecular weight is 404 g/mol. The van der Waals surface area contributed by atoms with Crippen LogP contribution in [-0.2, 0) is 0 Å². The minimum atomic E-state index is -0.408. The van der Waals surface area contributed by atoms with Crippen molar-refractivity contribution >= 4 is 50.4 Å². The first-order chi connectivity index (χ1) is 11.6. The van der Waals surface area contributed by atoms with Crippen LogP contribution in [0.15, 0.2) is 64.2 Å². The fourth-order valence-electron chi connectivity index (χ4n) is 2.28. The van der Waals surface area contributed by atoms with Gasteiger partial charge in [0.1, 0.15) is 5.75 Å². The van der Waals surface area contributed by atoms with Gasteiger partial charge in [-0.1, -0.05) is 57.9 Å². The Morgan fingerprint density at radius 3 is 2.67 bits per heavy atom. The Labute approximate surface area is 151 Å². The number of fused-ring (bicyclic) bond motifs is 1. The summed E-state index contributed by atoms with van der Waals surface area (Å²) in [5, 5.41) is 15.6. The molecule has 0 unspecified atom stereocenters. The van der Waals surface area contributed by atoms with Gasteiger partial charge in [-0.05, 0) is 35.0 Å².